The SMILES string of the molecule is CC1=C2CC3C(CCC4CCCCC43C)C2CCCC2NCC(C)CC2OC1. The molecule has 2 nitrogen and oxygen atoms in total. The second-order valence-corrected chi connectivity index (χ2v) is 11.5. The quantitative estimate of drug-likeness (QED) is 0.508. The number of fused-ring (bicyclic) bond motifs is 6. The molecule has 1 N–H and O–H groups in total. The zero-order valence-electron chi connectivity index (χ0n) is 18.6. The first-order chi connectivity index (χ1) is 13.6. The lowest BCUT2D eigenvalue weighted by molar-refractivity contribution is -0.0306. The Morgan fingerprint density at radius 2 is 1.93 bits per heavy atom. The second-order valence-electron chi connectivity index (χ2n) is 11.5. The summed E-state index contributed by atoms with van der Waals surface area (Å²) in [5.41, 5.74) is 4.08. The number of rotatable bonds is 0. The van der Waals surface area contributed by atoms with Crippen molar-refractivity contribution in [1.29, 1.82) is 0 Å². The van der Waals surface area contributed by atoms with Crippen molar-refractivity contribution in [2.24, 2.45) is 35.0 Å². The van der Waals surface area contributed by atoms with Crippen LogP contribution in [0.2, 0.25) is 0 Å². The maximum absolute atomic E-state index is 6.58. The molecule has 0 amide bonds. The van der Waals surface area contributed by atoms with Crippen LogP contribution in [0.3, 0.4) is 0 Å². The van der Waals surface area contributed by atoms with Crippen LogP contribution in [-0.2, 0) is 4.74 Å². The molecule has 4 fully saturated rings. The van der Waals surface area contributed by atoms with Crippen molar-refractivity contribution in [3.05, 3.63) is 11.1 Å². The molecule has 0 spiro atoms. The first-order valence-electron chi connectivity index (χ1n) is 12.6. The zero-order valence-corrected chi connectivity index (χ0v) is 18.6. The number of nitrogens with one attached hydrogen (secondary N) is 1. The summed E-state index contributed by atoms with van der Waals surface area (Å²) in [6.07, 6.45) is 16.2. The molecule has 0 radical (unpaired) electrons. The summed E-state index contributed by atoms with van der Waals surface area (Å²) in [5.74, 6) is 4.57. The molecule has 0 aromatic heterocycles. The lowest BCUT2D eigenvalue weighted by atomic mass is 9.52. The Kier molecular flexibility index (Phi) is 5.41. The maximum atomic E-state index is 6.58. The lowest BCUT2D eigenvalue weighted by Crippen LogP contribution is -2.49. The number of piperidine rings is 1. The van der Waals surface area contributed by atoms with Gasteiger partial charge < -0.3 is 10.1 Å². The Hall–Kier alpha value is -0.340. The van der Waals surface area contributed by atoms with Crippen LogP contribution in [0.15, 0.2) is 11.1 Å². The number of hydrogen-bond donors (Lipinski definition) is 1. The third kappa shape index (κ3) is 3.31. The molecule has 8 atom stereocenters. The summed E-state index contributed by atoms with van der Waals surface area (Å²) in [5, 5.41) is 3.82. The summed E-state index contributed by atoms with van der Waals surface area (Å²) in [6.45, 7) is 9.54. The molecular weight excluding hydrogens is 342 g/mol. The first kappa shape index (κ1) is 19.6. The van der Waals surface area contributed by atoms with E-state index in [1.807, 2.05) is 5.57 Å². The van der Waals surface area contributed by atoms with Gasteiger partial charge in [0.1, 0.15) is 0 Å². The molecule has 0 aromatic carbocycles. The molecule has 8 unspecified atom stereocenters. The molecule has 28 heavy (non-hydrogen) atoms. The van der Waals surface area contributed by atoms with E-state index in [9.17, 15) is 0 Å². The van der Waals surface area contributed by atoms with E-state index in [0.29, 0.717) is 17.6 Å². The molecule has 3 aliphatic carbocycles. The summed E-state index contributed by atoms with van der Waals surface area (Å²) in [6, 6.07) is 0.592. The molecular formula is C26H43NO. The summed E-state index contributed by atoms with van der Waals surface area (Å²) in [4.78, 5) is 0. The van der Waals surface area contributed by atoms with Crippen molar-refractivity contribution in [2.75, 3.05) is 13.2 Å². The highest BCUT2D eigenvalue weighted by molar-refractivity contribution is 5.25. The van der Waals surface area contributed by atoms with Gasteiger partial charge in [0.25, 0.3) is 0 Å². The fraction of sp³-hybridized carbons (Fsp3) is 0.923. The minimum atomic E-state index is 0.430. The molecule has 3 saturated carbocycles. The van der Waals surface area contributed by atoms with Crippen LogP contribution >= 0.6 is 0 Å². The highest BCUT2D eigenvalue weighted by Gasteiger charge is 2.54. The molecule has 5 rings (SSSR count). The zero-order chi connectivity index (χ0) is 19.3. The average molecular weight is 386 g/mol. The highest BCUT2D eigenvalue weighted by Crippen LogP contribution is 2.63. The molecule has 2 heterocycles. The van der Waals surface area contributed by atoms with Gasteiger partial charge in [-0.15, -0.1) is 0 Å². The van der Waals surface area contributed by atoms with E-state index < -0.39 is 0 Å². The van der Waals surface area contributed by atoms with E-state index in [1.54, 1.807) is 5.57 Å². The fourth-order valence-corrected chi connectivity index (χ4v) is 8.35. The Morgan fingerprint density at radius 3 is 2.82 bits per heavy atom. The predicted molar refractivity (Wildman–Crippen MR) is 116 cm³/mol. The van der Waals surface area contributed by atoms with Gasteiger partial charge in [-0.1, -0.05) is 38.7 Å². The van der Waals surface area contributed by atoms with Crippen molar-refractivity contribution >= 4 is 0 Å². The van der Waals surface area contributed by atoms with Gasteiger partial charge >= 0.3 is 0 Å². The highest BCUT2D eigenvalue weighted by atomic mass is 16.5. The number of allylic oxidation sites excluding steroid dienone is 1. The second kappa shape index (κ2) is 7.73. The molecule has 1 saturated heterocycles. The standard InChI is InChI=1S/C26H43NO/c1-17-13-25-24(27-15-17)9-6-8-20-21-11-10-19-7-4-5-12-26(19,3)23(21)14-22(20)18(2)16-28-25/h17,19-21,23-25,27H,4-16H2,1-3H3. The number of hydrogen-bond acceptors (Lipinski definition) is 2. The maximum Gasteiger partial charge on any atom is 0.0735 e. The third-order valence-electron chi connectivity index (χ3n) is 9.97. The van der Waals surface area contributed by atoms with Gasteiger partial charge in [0.2, 0.25) is 0 Å². The Balaban J connectivity index is 1.40. The normalized spacial score (nSPS) is 49.6. The monoisotopic (exact) mass is 385 g/mol. The summed E-state index contributed by atoms with van der Waals surface area (Å²) < 4.78 is 6.58. The van der Waals surface area contributed by atoms with Gasteiger partial charge in [-0.05, 0) is 105 Å². The van der Waals surface area contributed by atoms with Crippen LogP contribution in [0.25, 0.3) is 0 Å². The molecule has 2 heteroatoms. The molecule has 158 valence electrons. The van der Waals surface area contributed by atoms with E-state index >= 15 is 0 Å². The van der Waals surface area contributed by atoms with Crippen molar-refractivity contribution in [3.63, 3.8) is 0 Å². The van der Waals surface area contributed by atoms with Gasteiger partial charge in [0.15, 0.2) is 0 Å². The average Bonchev–Trinajstić information content (AvgIpc) is 3.07. The summed E-state index contributed by atoms with van der Waals surface area (Å²) >= 11 is 0. The third-order valence-corrected chi connectivity index (χ3v) is 9.97. The number of ether oxygens (including phenoxy) is 1. The van der Waals surface area contributed by atoms with Gasteiger partial charge in [0, 0.05) is 6.04 Å². The molecule has 0 aromatic rings. The Morgan fingerprint density at radius 1 is 1.04 bits per heavy atom. The topological polar surface area (TPSA) is 21.3 Å². The van der Waals surface area contributed by atoms with Crippen molar-refractivity contribution < 1.29 is 4.74 Å². The molecule has 5 aliphatic rings. The van der Waals surface area contributed by atoms with Crippen LogP contribution in [0.1, 0.15) is 91.4 Å². The van der Waals surface area contributed by atoms with Gasteiger partial charge in [-0.3, -0.25) is 0 Å². The van der Waals surface area contributed by atoms with Gasteiger partial charge in [0.05, 0.1) is 12.7 Å². The smallest absolute Gasteiger partial charge is 0.0735 e. The minimum absolute atomic E-state index is 0.430. The van der Waals surface area contributed by atoms with Crippen LogP contribution < -0.4 is 5.32 Å². The lowest BCUT2D eigenvalue weighted by Gasteiger charge is -2.52. The first-order valence-corrected chi connectivity index (χ1v) is 12.6. The van der Waals surface area contributed by atoms with Crippen molar-refractivity contribution in [3.8, 4) is 0 Å². The van der Waals surface area contributed by atoms with Crippen LogP contribution in [0, 0.1) is 35.0 Å². The summed E-state index contributed by atoms with van der Waals surface area (Å²) in [7, 11) is 0. The van der Waals surface area contributed by atoms with Crippen molar-refractivity contribution in [1.82, 2.24) is 5.32 Å². The minimum Gasteiger partial charge on any atom is -0.372 e. The Labute approximate surface area is 173 Å². The van der Waals surface area contributed by atoms with Crippen molar-refractivity contribution in [2.45, 2.75) is 104 Å². The van der Waals surface area contributed by atoms with Crippen LogP contribution in [0.5, 0.6) is 0 Å². The van der Waals surface area contributed by atoms with Gasteiger partial charge in [-0.2, -0.15) is 0 Å². The van der Waals surface area contributed by atoms with E-state index in [4.69, 9.17) is 4.74 Å². The molecule has 2 aliphatic heterocycles. The predicted octanol–water partition coefficient (Wildman–Crippen LogP) is 6.11. The molecule has 0 bridgehead atoms. The van der Waals surface area contributed by atoms with Gasteiger partial charge in [-0.25, -0.2) is 0 Å². The van der Waals surface area contributed by atoms with E-state index in [1.165, 1.54) is 77.2 Å². The van der Waals surface area contributed by atoms with Crippen LogP contribution in [-0.4, -0.2) is 25.3 Å². The van der Waals surface area contributed by atoms with Crippen LogP contribution in [0.4, 0.5) is 0 Å². The van der Waals surface area contributed by atoms with E-state index in [2.05, 4.69) is 26.1 Å². The Bertz CT molecular complexity index is 612. The van der Waals surface area contributed by atoms with E-state index in [0.717, 1.165) is 36.2 Å². The largest absolute Gasteiger partial charge is 0.372 e. The fourth-order valence-electron chi connectivity index (χ4n) is 8.35. The van der Waals surface area contributed by atoms with E-state index in [-0.39, 0.29) is 0 Å².